The van der Waals surface area contributed by atoms with Gasteiger partial charge in [0.15, 0.2) is 15.6 Å². The summed E-state index contributed by atoms with van der Waals surface area (Å²) < 4.78 is 163. The third kappa shape index (κ3) is 8.85. The molecule has 20 nitrogen and oxygen atoms in total. The van der Waals surface area contributed by atoms with Crippen LogP contribution in [0.4, 0.5) is 27.5 Å². The number of sulfone groups is 1. The highest BCUT2D eigenvalue weighted by Gasteiger charge is 2.28. The molecular formula is C29H23ClN4O16S5. The second-order valence-corrected chi connectivity index (χ2v) is 19.2. The molecule has 5 aromatic rings. The average Bonchev–Trinajstić information content (AvgIpc) is 3.05. The van der Waals surface area contributed by atoms with Crippen molar-refractivity contribution < 1.29 is 70.2 Å². The molecule has 0 aromatic heterocycles. The normalized spacial score (nSPS) is 13.0. The second-order valence-electron chi connectivity index (χ2n) is 11.1. The molecule has 0 bridgehead atoms. The number of halogens is 1. The summed E-state index contributed by atoms with van der Waals surface area (Å²) in [6, 6.07) is 10.1. The molecule has 0 atom stereocenters. The molecule has 0 aliphatic rings. The van der Waals surface area contributed by atoms with Crippen molar-refractivity contribution in [2.75, 3.05) is 22.3 Å². The van der Waals surface area contributed by atoms with Crippen LogP contribution in [0.1, 0.15) is 0 Å². The van der Waals surface area contributed by atoms with E-state index in [2.05, 4.69) is 20.9 Å². The Bertz CT molecular complexity index is 3050. The monoisotopic (exact) mass is 878 g/mol. The molecule has 0 saturated carbocycles. The zero-order valence-electron chi connectivity index (χ0n) is 26.9. The van der Waals surface area contributed by atoms with E-state index in [0.717, 1.165) is 36.4 Å². The molecule has 5 rings (SSSR count). The number of hydrogen-bond donors (Lipinski definition) is 7. The Morgan fingerprint density at radius 3 is 1.91 bits per heavy atom. The van der Waals surface area contributed by atoms with Gasteiger partial charge in [-0.25, -0.2) is 13.2 Å². The molecule has 55 heavy (non-hydrogen) atoms. The van der Waals surface area contributed by atoms with Crippen molar-refractivity contribution in [1.82, 2.24) is 0 Å². The van der Waals surface area contributed by atoms with Crippen LogP contribution in [0.3, 0.4) is 0 Å². The summed E-state index contributed by atoms with van der Waals surface area (Å²) in [5, 5.41) is 21.0. The molecule has 0 radical (unpaired) electrons. The smallest absolute Gasteiger partial charge is 0.323 e. The van der Waals surface area contributed by atoms with E-state index in [0.29, 0.717) is 18.2 Å². The highest BCUT2D eigenvalue weighted by atomic mass is 35.5. The molecule has 0 aliphatic carbocycles. The molecule has 0 aliphatic heterocycles. The number of anilines is 2. The molecule has 5 aromatic carbocycles. The van der Waals surface area contributed by atoms with Gasteiger partial charge < -0.3 is 15.7 Å². The zero-order valence-corrected chi connectivity index (χ0v) is 31.7. The number of carbonyl (C=O) groups is 1. The molecule has 26 heteroatoms. The first kappa shape index (κ1) is 41.3. The summed E-state index contributed by atoms with van der Waals surface area (Å²) >= 11 is 5.56. The van der Waals surface area contributed by atoms with Crippen LogP contribution < -0.4 is 10.6 Å². The second kappa shape index (κ2) is 14.7. The number of carbonyl (C=O) groups excluding carboxylic acids is 1. The number of benzene rings is 5. The summed E-state index contributed by atoms with van der Waals surface area (Å²) in [6.07, 6.45) is 0. The van der Waals surface area contributed by atoms with Crippen molar-refractivity contribution in [2.24, 2.45) is 10.2 Å². The van der Waals surface area contributed by atoms with Crippen LogP contribution in [0.5, 0.6) is 5.75 Å². The zero-order chi connectivity index (χ0) is 40.9. The molecule has 0 saturated heterocycles. The third-order valence-corrected chi connectivity index (χ3v) is 13.2. The molecule has 0 heterocycles. The van der Waals surface area contributed by atoms with Gasteiger partial charge in [0.05, 0.1) is 21.2 Å². The fraction of sp³-hybridized carbons (Fsp3) is 0.0690. The molecule has 292 valence electrons. The highest BCUT2D eigenvalue weighted by Crippen LogP contribution is 2.46. The summed E-state index contributed by atoms with van der Waals surface area (Å²) in [5.41, 5.74) is -2.71. The van der Waals surface area contributed by atoms with Crippen LogP contribution >= 0.6 is 11.6 Å². The maximum absolute atomic E-state index is 13.1. The van der Waals surface area contributed by atoms with Crippen molar-refractivity contribution in [2.45, 2.75) is 24.5 Å². The van der Waals surface area contributed by atoms with Crippen molar-refractivity contribution in [3.05, 3.63) is 72.8 Å². The van der Waals surface area contributed by atoms with E-state index in [1.54, 1.807) is 0 Å². The maximum Gasteiger partial charge on any atom is 0.323 e. The lowest BCUT2D eigenvalue weighted by Gasteiger charge is -2.15. The first-order valence-electron chi connectivity index (χ1n) is 14.5. The van der Waals surface area contributed by atoms with Crippen molar-refractivity contribution in [1.29, 1.82) is 0 Å². The summed E-state index contributed by atoms with van der Waals surface area (Å²) in [6.45, 7) is 0. The number of amides is 2. The van der Waals surface area contributed by atoms with E-state index in [1.807, 2.05) is 0 Å². The van der Waals surface area contributed by atoms with Crippen molar-refractivity contribution in [3.63, 3.8) is 0 Å². The fourth-order valence-electron chi connectivity index (χ4n) is 5.24. The number of urea groups is 1. The maximum atomic E-state index is 13.1. The minimum atomic E-state index is -5.44. The van der Waals surface area contributed by atoms with Crippen molar-refractivity contribution >= 4 is 112 Å². The van der Waals surface area contributed by atoms with Gasteiger partial charge in [0.2, 0.25) is 0 Å². The lowest BCUT2D eigenvalue weighted by molar-refractivity contribution is 0.262. The number of azo groups is 1. The van der Waals surface area contributed by atoms with Gasteiger partial charge in [-0.05, 0) is 53.9 Å². The van der Waals surface area contributed by atoms with Gasteiger partial charge in [0.25, 0.3) is 40.5 Å². The highest BCUT2D eigenvalue weighted by molar-refractivity contribution is 7.91. The van der Waals surface area contributed by atoms with Crippen LogP contribution in [0.2, 0.25) is 0 Å². The standard InChI is InChI=1S/C29H23ClN4O16S5/c30-9-10-51(37,38)17-4-1-3-16(13-17)31-29(36)32-22-14-18(52(39,40)41)11-15-12-24(54(45,46)47)26(27(35)25(15)22)34-33-21-8-7-19-20(28(21)55(48,49)50)5-2-6-23(19)53(42,43)44/h1-8,11-14,35H,9-10H2,(H2,31,32,36)(H,39,40,41)(H,42,43,44)(H,45,46,47)(H,48,49,50). The van der Waals surface area contributed by atoms with Gasteiger partial charge in [0, 0.05) is 27.7 Å². The lowest BCUT2D eigenvalue weighted by Crippen LogP contribution is -2.20. The Hall–Kier alpha value is -4.83. The van der Waals surface area contributed by atoms with Crippen LogP contribution in [0.15, 0.2) is 108 Å². The van der Waals surface area contributed by atoms with Gasteiger partial charge in [-0.1, -0.05) is 24.3 Å². The average molecular weight is 879 g/mol. The van der Waals surface area contributed by atoms with Gasteiger partial charge in [-0.3, -0.25) is 18.2 Å². The first-order chi connectivity index (χ1) is 25.3. The van der Waals surface area contributed by atoms with Crippen LogP contribution in [0, 0.1) is 0 Å². The number of nitrogens with zero attached hydrogens (tertiary/aromatic N) is 2. The van der Waals surface area contributed by atoms with E-state index in [-0.39, 0.29) is 16.5 Å². The van der Waals surface area contributed by atoms with Crippen LogP contribution in [-0.2, 0) is 50.3 Å². The summed E-state index contributed by atoms with van der Waals surface area (Å²) in [5.74, 6) is -1.91. The molecule has 2 amide bonds. The topological polar surface area (TPSA) is 338 Å². The molecule has 7 N–H and O–H groups in total. The van der Waals surface area contributed by atoms with Gasteiger partial charge in [0.1, 0.15) is 26.1 Å². The third-order valence-electron chi connectivity index (χ3n) is 7.49. The number of phenols is 1. The van der Waals surface area contributed by atoms with Gasteiger partial charge in [-0.15, -0.1) is 21.8 Å². The van der Waals surface area contributed by atoms with E-state index in [4.69, 9.17) is 11.6 Å². The Morgan fingerprint density at radius 1 is 0.655 bits per heavy atom. The lowest BCUT2D eigenvalue weighted by atomic mass is 10.1. The number of hydrogen-bond acceptors (Lipinski definition) is 14. The van der Waals surface area contributed by atoms with Crippen molar-refractivity contribution in [3.8, 4) is 5.75 Å². The predicted octanol–water partition coefficient (Wildman–Crippen LogP) is 4.76. The van der Waals surface area contributed by atoms with Crippen LogP contribution in [-0.4, -0.2) is 83.1 Å². The predicted molar refractivity (Wildman–Crippen MR) is 195 cm³/mol. The first-order valence-corrected chi connectivity index (χ1v) is 22.5. The minimum absolute atomic E-state index is 0.107. The fourth-order valence-corrected chi connectivity index (χ4v) is 9.62. The number of fused-ring (bicyclic) bond motifs is 2. The number of nitrogens with one attached hydrogen (secondary N) is 2. The largest absolute Gasteiger partial charge is 0.505 e. The Labute approximate surface area is 316 Å². The van der Waals surface area contributed by atoms with E-state index >= 15 is 0 Å². The number of alkyl halides is 1. The molecule has 0 spiro atoms. The van der Waals surface area contributed by atoms with E-state index < -0.39 is 126 Å². The van der Waals surface area contributed by atoms with E-state index in [9.17, 15) is 70.2 Å². The Balaban J connectivity index is 1.71. The molecule has 0 fully saturated rings. The summed E-state index contributed by atoms with van der Waals surface area (Å²) in [4.78, 5) is 8.81. The number of rotatable bonds is 11. The van der Waals surface area contributed by atoms with Gasteiger partial charge in [-0.2, -0.15) is 33.7 Å². The number of phenolic OH excluding ortho intramolecular Hbond substituents is 1. The van der Waals surface area contributed by atoms with E-state index in [1.165, 1.54) is 18.2 Å². The molecule has 0 unspecified atom stereocenters. The van der Waals surface area contributed by atoms with Crippen LogP contribution in [0.25, 0.3) is 21.5 Å². The summed E-state index contributed by atoms with van der Waals surface area (Å²) in [7, 11) is -24.7. The SMILES string of the molecule is O=C(Nc1cccc(S(=O)(=O)CCCl)c1)Nc1cc(S(=O)(=O)O)cc2cc(S(=O)(=O)O)c(N=Nc3ccc4c(S(=O)(=O)O)cccc4c3S(=O)(=O)O)c(O)c12. The quantitative estimate of drug-likeness (QED) is 0.0534. The molecular weight excluding hydrogens is 856 g/mol. The Kier molecular flexibility index (Phi) is 11.0. The number of aromatic hydroxyl groups is 1. The van der Waals surface area contributed by atoms with Gasteiger partial charge >= 0.3 is 6.03 Å². The minimum Gasteiger partial charge on any atom is -0.505 e. The Morgan fingerprint density at radius 2 is 1.31 bits per heavy atom.